The molecule has 2 aromatic rings. The highest BCUT2D eigenvalue weighted by molar-refractivity contribution is 5.65. The number of aromatic amines is 1. The average Bonchev–Trinajstić information content (AvgIpc) is 3.16. The summed E-state index contributed by atoms with van der Waals surface area (Å²) in [6.45, 7) is 1.64. The third-order valence-corrected chi connectivity index (χ3v) is 3.76. The van der Waals surface area contributed by atoms with Crippen molar-refractivity contribution in [3.63, 3.8) is 0 Å². The van der Waals surface area contributed by atoms with Crippen LogP contribution in [0.25, 0.3) is 11.3 Å². The normalized spacial score (nSPS) is 19.9. The topological polar surface area (TPSA) is 94.3 Å². The van der Waals surface area contributed by atoms with Gasteiger partial charge in [0, 0.05) is 19.0 Å². The van der Waals surface area contributed by atoms with Crippen molar-refractivity contribution in [3.05, 3.63) is 57.6 Å². The maximum absolute atomic E-state index is 12.1. The Balaban J connectivity index is 1.85. The number of H-pyrrole nitrogens is 1. The Morgan fingerprint density at radius 3 is 2.96 bits per heavy atom. The number of rotatable bonds is 4. The Bertz CT molecular complexity index is 844. The maximum Gasteiger partial charge on any atom is 0.328 e. The molecule has 0 aliphatic heterocycles. The molecule has 2 heterocycles. The summed E-state index contributed by atoms with van der Waals surface area (Å²) in [7, 11) is 0. The highest BCUT2D eigenvalue weighted by atomic mass is 16.5. The van der Waals surface area contributed by atoms with Crippen LogP contribution >= 0.6 is 0 Å². The molecule has 2 aromatic heterocycles. The lowest BCUT2D eigenvalue weighted by molar-refractivity contribution is -0.141. The highest BCUT2D eigenvalue weighted by Gasteiger charge is 2.23. The molecule has 3 rings (SSSR count). The van der Waals surface area contributed by atoms with E-state index in [1.807, 2.05) is 12.2 Å². The number of allylic oxidation sites excluding steroid dienone is 1. The van der Waals surface area contributed by atoms with Crippen molar-refractivity contribution in [1.29, 1.82) is 0 Å². The molecule has 23 heavy (non-hydrogen) atoms. The number of aromatic nitrogens is 2. The molecule has 7 nitrogen and oxygen atoms in total. The van der Waals surface area contributed by atoms with Gasteiger partial charge in [0.2, 0.25) is 0 Å². The van der Waals surface area contributed by atoms with E-state index in [9.17, 15) is 14.4 Å². The van der Waals surface area contributed by atoms with E-state index in [-0.39, 0.29) is 24.5 Å². The average molecular weight is 316 g/mol. The fourth-order valence-corrected chi connectivity index (χ4v) is 2.65. The first-order chi connectivity index (χ1) is 11.0. The predicted molar refractivity (Wildman–Crippen MR) is 81.9 cm³/mol. The van der Waals surface area contributed by atoms with Gasteiger partial charge < -0.3 is 9.15 Å². The number of nitrogens with zero attached hydrogens (tertiary/aromatic N) is 1. The van der Waals surface area contributed by atoms with Crippen molar-refractivity contribution in [3.8, 4) is 11.3 Å². The summed E-state index contributed by atoms with van der Waals surface area (Å²) >= 11 is 0. The molecule has 7 heteroatoms. The first kappa shape index (κ1) is 15.1. The van der Waals surface area contributed by atoms with Crippen molar-refractivity contribution in [2.24, 2.45) is 5.92 Å². The largest absolute Gasteiger partial charge is 0.465 e. The molecule has 1 N–H and O–H groups in total. The van der Waals surface area contributed by atoms with Crippen LogP contribution in [0.4, 0.5) is 0 Å². The minimum atomic E-state index is -0.486. The summed E-state index contributed by atoms with van der Waals surface area (Å²) in [4.78, 5) is 37.2. The van der Waals surface area contributed by atoms with Gasteiger partial charge in [-0.2, -0.15) is 0 Å². The highest BCUT2D eigenvalue weighted by Crippen LogP contribution is 2.27. The fraction of sp³-hybridized carbons (Fsp3) is 0.312. The first-order valence-electron chi connectivity index (χ1n) is 7.25. The molecule has 120 valence electrons. The monoisotopic (exact) mass is 316 g/mol. The second kappa shape index (κ2) is 6.12. The molecule has 0 saturated heterocycles. The van der Waals surface area contributed by atoms with Gasteiger partial charge in [-0.3, -0.25) is 19.1 Å². The van der Waals surface area contributed by atoms with Gasteiger partial charge in [-0.05, 0) is 18.6 Å². The Hall–Kier alpha value is -2.83. The van der Waals surface area contributed by atoms with Crippen molar-refractivity contribution in [1.82, 2.24) is 9.55 Å². The molecule has 0 saturated carbocycles. The van der Waals surface area contributed by atoms with Crippen LogP contribution in [-0.2, 0) is 9.53 Å². The Morgan fingerprint density at radius 2 is 2.26 bits per heavy atom. The van der Waals surface area contributed by atoms with Crippen molar-refractivity contribution >= 4 is 5.97 Å². The van der Waals surface area contributed by atoms with E-state index in [2.05, 4.69) is 4.98 Å². The molecule has 0 amide bonds. The molecule has 0 unspecified atom stereocenters. The zero-order valence-corrected chi connectivity index (χ0v) is 12.5. The number of esters is 1. The number of carbonyl (C=O) groups excluding carboxylic acids is 1. The van der Waals surface area contributed by atoms with Gasteiger partial charge in [-0.25, -0.2) is 4.79 Å². The lowest BCUT2D eigenvalue weighted by atomic mass is 10.1. The lowest BCUT2D eigenvalue weighted by Crippen LogP contribution is -2.32. The third-order valence-electron chi connectivity index (χ3n) is 3.76. The third kappa shape index (κ3) is 3.18. The van der Waals surface area contributed by atoms with E-state index in [0.29, 0.717) is 17.7 Å². The molecular formula is C16H16N2O5. The molecule has 1 aliphatic carbocycles. The van der Waals surface area contributed by atoms with Gasteiger partial charge in [0.1, 0.15) is 5.76 Å². The number of carbonyl (C=O) groups is 1. The van der Waals surface area contributed by atoms with Gasteiger partial charge in [-0.15, -0.1) is 0 Å². The summed E-state index contributed by atoms with van der Waals surface area (Å²) in [6, 6.07) is 3.14. The van der Waals surface area contributed by atoms with E-state index < -0.39 is 11.2 Å². The van der Waals surface area contributed by atoms with Crippen LogP contribution in [-0.4, -0.2) is 22.1 Å². The number of furan rings is 1. The van der Waals surface area contributed by atoms with E-state index in [1.165, 1.54) is 24.0 Å². The Morgan fingerprint density at radius 1 is 1.43 bits per heavy atom. The van der Waals surface area contributed by atoms with Crippen LogP contribution < -0.4 is 11.2 Å². The van der Waals surface area contributed by atoms with E-state index in [1.54, 1.807) is 12.1 Å². The summed E-state index contributed by atoms with van der Waals surface area (Å²) < 4.78 is 11.7. The first-order valence-corrected chi connectivity index (χ1v) is 7.25. The van der Waals surface area contributed by atoms with Crippen LogP contribution in [0.5, 0.6) is 0 Å². The minimum Gasteiger partial charge on any atom is -0.465 e. The summed E-state index contributed by atoms with van der Waals surface area (Å²) in [6.07, 6.45) is 7.38. The van der Waals surface area contributed by atoms with Crippen molar-refractivity contribution in [2.45, 2.75) is 19.4 Å². The zero-order valence-electron chi connectivity index (χ0n) is 12.5. The number of nitrogens with one attached hydrogen (secondary N) is 1. The minimum absolute atomic E-state index is 0.0507. The number of hydrogen-bond acceptors (Lipinski definition) is 5. The zero-order chi connectivity index (χ0) is 16.4. The van der Waals surface area contributed by atoms with Crippen LogP contribution in [0.15, 0.2) is 50.8 Å². The quantitative estimate of drug-likeness (QED) is 0.681. The lowest BCUT2D eigenvalue weighted by Gasteiger charge is -2.15. The molecule has 0 radical (unpaired) electrons. The molecule has 2 atom stereocenters. The second-order valence-electron chi connectivity index (χ2n) is 5.44. The van der Waals surface area contributed by atoms with Gasteiger partial charge in [0.15, 0.2) is 0 Å². The van der Waals surface area contributed by atoms with Gasteiger partial charge in [0.25, 0.3) is 5.56 Å². The van der Waals surface area contributed by atoms with E-state index in [0.717, 1.165) is 0 Å². The molecule has 0 aromatic carbocycles. The SMILES string of the molecule is CC(=O)OC[C@@H]1C=C[C@H](n2cc(-c3ccco3)c(=O)[nH]c2=O)C1. The molecule has 0 bridgehead atoms. The van der Waals surface area contributed by atoms with Gasteiger partial charge in [0.05, 0.1) is 24.5 Å². The fourth-order valence-electron chi connectivity index (χ4n) is 2.65. The summed E-state index contributed by atoms with van der Waals surface area (Å²) in [5.41, 5.74) is -0.667. The molecule has 0 fully saturated rings. The molecular weight excluding hydrogens is 300 g/mol. The number of hydrogen-bond donors (Lipinski definition) is 1. The smallest absolute Gasteiger partial charge is 0.328 e. The van der Waals surface area contributed by atoms with E-state index in [4.69, 9.17) is 9.15 Å². The second-order valence-corrected chi connectivity index (χ2v) is 5.44. The van der Waals surface area contributed by atoms with Crippen LogP contribution in [0.1, 0.15) is 19.4 Å². The number of ether oxygens (including phenoxy) is 1. The van der Waals surface area contributed by atoms with Crippen LogP contribution in [0.3, 0.4) is 0 Å². The van der Waals surface area contributed by atoms with Crippen molar-refractivity contribution < 1.29 is 13.9 Å². The molecule has 1 aliphatic rings. The summed E-state index contributed by atoms with van der Waals surface area (Å²) in [5, 5.41) is 0. The van der Waals surface area contributed by atoms with Crippen LogP contribution in [0, 0.1) is 5.92 Å². The van der Waals surface area contributed by atoms with E-state index >= 15 is 0 Å². The standard InChI is InChI=1S/C16H16N2O5/c1-10(19)23-9-11-4-5-12(7-11)18-8-13(14-3-2-6-22-14)15(20)17-16(18)21/h2-6,8,11-12H,7,9H2,1H3,(H,17,20,21)/t11-,12+/m1/s1. The van der Waals surface area contributed by atoms with Crippen LogP contribution in [0.2, 0.25) is 0 Å². The Kier molecular flexibility index (Phi) is 4.01. The van der Waals surface area contributed by atoms with Gasteiger partial charge >= 0.3 is 11.7 Å². The van der Waals surface area contributed by atoms with Crippen molar-refractivity contribution in [2.75, 3.05) is 6.61 Å². The predicted octanol–water partition coefficient (Wildman–Crippen LogP) is 1.48. The Labute approximate surface area is 131 Å². The maximum atomic E-state index is 12.1. The summed E-state index contributed by atoms with van der Waals surface area (Å²) in [5.74, 6) is 0.122. The molecule has 0 spiro atoms. The van der Waals surface area contributed by atoms with Gasteiger partial charge in [-0.1, -0.05) is 12.2 Å².